The maximum atomic E-state index is 10.1. The highest BCUT2D eigenvalue weighted by Gasteiger charge is 1.95. The summed E-state index contributed by atoms with van der Waals surface area (Å²) in [5.41, 5.74) is 2.67. The number of aryl methyl sites for hydroxylation is 1. The summed E-state index contributed by atoms with van der Waals surface area (Å²) in [5.74, 6) is 0. The van der Waals surface area contributed by atoms with Gasteiger partial charge in [-0.1, -0.05) is 24.3 Å². The lowest BCUT2D eigenvalue weighted by Gasteiger charge is -1.98. The predicted octanol–water partition coefficient (Wildman–Crippen LogP) is 2.47. The van der Waals surface area contributed by atoms with Crippen LogP contribution in [0.25, 0.3) is 6.08 Å². The highest BCUT2D eigenvalue weighted by Crippen LogP contribution is 2.11. The van der Waals surface area contributed by atoms with Crippen LogP contribution in [0.1, 0.15) is 23.1 Å². The summed E-state index contributed by atoms with van der Waals surface area (Å²) in [6.07, 6.45) is 4.96. The molecule has 0 saturated carbocycles. The van der Waals surface area contributed by atoms with Crippen LogP contribution in [-0.2, 0) is 4.79 Å². The fourth-order valence-electron chi connectivity index (χ4n) is 1.18. The monoisotopic (exact) mass is 185 g/mol. The van der Waals surface area contributed by atoms with Crippen molar-refractivity contribution in [2.24, 2.45) is 0 Å². The summed E-state index contributed by atoms with van der Waals surface area (Å²) in [7, 11) is 0. The van der Waals surface area contributed by atoms with E-state index in [2.05, 4.69) is 6.07 Å². The second-order valence-corrected chi connectivity index (χ2v) is 2.99. The third-order valence-corrected chi connectivity index (χ3v) is 1.91. The summed E-state index contributed by atoms with van der Waals surface area (Å²) in [6.45, 7) is 1.90. The molecule has 0 aliphatic heterocycles. The lowest BCUT2D eigenvalue weighted by molar-refractivity contribution is -0.107. The van der Waals surface area contributed by atoms with Crippen LogP contribution in [-0.4, -0.2) is 6.29 Å². The number of nitriles is 1. The highest BCUT2D eigenvalue weighted by atomic mass is 16.1. The van der Waals surface area contributed by atoms with Gasteiger partial charge in [0.1, 0.15) is 6.29 Å². The minimum absolute atomic E-state index is 0.430. The Balaban J connectivity index is 2.87. The van der Waals surface area contributed by atoms with Crippen molar-refractivity contribution in [1.29, 1.82) is 5.26 Å². The van der Waals surface area contributed by atoms with Crippen molar-refractivity contribution < 1.29 is 4.79 Å². The quantitative estimate of drug-likeness (QED) is 0.679. The number of nitrogens with zero attached hydrogens (tertiary/aromatic N) is 1. The molecule has 14 heavy (non-hydrogen) atoms. The van der Waals surface area contributed by atoms with Gasteiger partial charge in [-0.15, -0.1) is 0 Å². The number of hydrogen-bond donors (Lipinski definition) is 0. The van der Waals surface area contributed by atoms with E-state index in [0.29, 0.717) is 12.0 Å². The lowest BCUT2D eigenvalue weighted by atomic mass is 10.1. The van der Waals surface area contributed by atoms with E-state index in [4.69, 9.17) is 5.26 Å². The van der Waals surface area contributed by atoms with Gasteiger partial charge in [-0.2, -0.15) is 5.26 Å². The van der Waals surface area contributed by atoms with Gasteiger partial charge in [0, 0.05) is 6.42 Å². The summed E-state index contributed by atoms with van der Waals surface area (Å²) in [6, 6.07) is 7.70. The normalized spacial score (nSPS) is 10.0. The van der Waals surface area contributed by atoms with Crippen molar-refractivity contribution in [2.75, 3.05) is 0 Å². The third-order valence-electron chi connectivity index (χ3n) is 1.91. The van der Waals surface area contributed by atoms with Gasteiger partial charge in [0.15, 0.2) is 0 Å². The fourth-order valence-corrected chi connectivity index (χ4v) is 1.18. The van der Waals surface area contributed by atoms with E-state index in [-0.39, 0.29) is 0 Å². The van der Waals surface area contributed by atoms with E-state index >= 15 is 0 Å². The number of allylic oxidation sites excluding steroid dienone is 1. The van der Waals surface area contributed by atoms with Gasteiger partial charge in [-0.3, -0.25) is 0 Å². The van der Waals surface area contributed by atoms with Crippen LogP contribution in [0.5, 0.6) is 0 Å². The molecule has 1 rings (SSSR count). The summed E-state index contributed by atoms with van der Waals surface area (Å²) >= 11 is 0. The summed E-state index contributed by atoms with van der Waals surface area (Å²) in [5, 5.41) is 8.71. The molecule has 0 fully saturated rings. The molecule has 0 unspecified atom stereocenters. The number of aldehydes is 1. The van der Waals surface area contributed by atoms with Crippen LogP contribution in [0.2, 0.25) is 0 Å². The molecule has 0 heterocycles. The van der Waals surface area contributed by atoms with Crippen molar-refractivity contribution in [3.05, 3.63) is 41.0 Å². The first-order valence-corrected chi connectivity index (χ1v) is 4.39. The smallest absolute Gasteiger partial charge is 0.123 e. The fraction of sp³-hybridized carbons (Fsp3) is 0.167. The Hall–Kier alpha value is -1.88. The molecular formula is C12H11NO. The molecule has 2 heteroatoms. The Kier molecular flexibility index (Phi) is 3.63. The number of carbonyl (C=O) groups excluding carboxylic acids is 1. The third kappa shape index (κ3) is 2.56. The van der Waals surface area contributed by atoms with Gasteiger partial charge in [0.25, 0.3) is 0 Å². The standard InChI is InChI=1S/C12H11NO/c1-10-8-11(4-2-3-7-14)5-6-12(10)9-13/h2,4-8H,3H2,1H3. The molecule has 0 aliphatic rings. The first-order chi connectivity index (χ1) is 6.77. The van der Waals surface area contributed by atoms with E-state index in [1.54, 1.807) is 12.1 Å². The Bertz CT molecular complexity index is 399. The maximum absolute atomic E-state index is 10.1. The van der Waals surface area contributed by atoms with Crippen LogP contribution in [0.3, 0.4) is 0 Å². The molecule has 0 spiro atoms. The minimum atomic E-state index is 0.430. The van der Waals surface area contributed by atoms with Gasteiger partial charge < -0.3 is 4.79 Å². The van der Waals surface area contributed by atoms with Crippen LogP contribution < -0.4 is 0 Å². The average molecular weight is 185 g/mol. The molecule has 1 aromatic rings. The maximum Gasteiger partial charge on any atom is 0.123 e. The highest BCUT2D eigenvalue weighted by molar-refractivity contribution is 5.59. The molecule has 0 bridgehead atoms. The largest absolute Gasteiger partial charge is 0.303 e. The first kappa shape index (κ1) is 10.2. The second kappa shape index (κ2) is 4.98. The van der Waals surface area contributed by atoms with Crippen molar-refractivity contribution in [1.82, 2.24) is 0 Å². The second-order valence-electron chi connectivity index (χ2n) is 2.99. The number of carbonyl (C=O) groups is 1. The van der Waals surface area contributed by atoms with E-state index in [1.165, 1.54) is 0 Å². The molecular weight excluding hydrogens is 174 g/mol. The molecule has 0 radical (unpaired) electrons. The molecule has 0 atom stereocenters. The minimum Gasteiger partial charge on any atom is -0.303 e. The van der Waals surface area contributed by atoms with Crippen molar-refractivity contribution >= 4 is 12.4 Å². The SMILES string of the molecule is Cc1cc(C=CCC=O)ccc1C#N. The zero-order valence-corrected chi connectivity index (χ0v) is 8.03. The van der Waals surface area contributed by atoms with E-state index in [1.807, 2.05) is 25.1 Å². The van der Waals surface area contributed by atoms with Crippen LogP contribution in [0, 0.1) is 18.3 Å². The van der Waals surface area contributed by atoms with Crippen LogP contribution in [0.15, 0.2) is 24.3 Å². The molecule has 0 aliphatic carbocycles. The van der Waals surface area contributed by atoms with Crippen molar-refractivity contribution in [3.63, 3.8) is 0 Å². The van der Waals surface area contributed by atoms with E-state index < -0.39 is 0 Å². The molecule has 0 saturated heterocycles. The van der Waals surface area contributed by atoms with Crippen LogP contribution in [0.4, 0.5) is 0 Å². The molecule has 0 aromatic heterocycles. The van der Waals surface area contributed by atoms with Crippen molar-refractivity contribution in [2.45, 2.75) is 13.3 Å². The lowest BCUT2D eigenvalue weighted by Crippen LogP contribution is -1.82. The number of hydrogen-bond acceptors (Lipinski definition) is 2. The summed E-state index contributed by atoms with van der Waals surface area (Å²) in [4.78, 5) is 10.1. The topological polar surface area (TPSA) is 40.9 Å². The van der Waals surface area contributed by atoms with Gasteiger partial charge in [0.2, 0.25) is 0 Å². The molecule has 0 amide bonds. The summed E-state index contributed by atoms with van der Waals surface area (Å²) < 4.78 is 0. The van der Waals surface area contributed by atoms with Gasteiger partial charge in [0.05, 0.1) is 11.6 Å². The Morgan fingerprint density at radius 2 is 2.29 bits per heavy atom. The molecule has 1 aromatic carbocycles. The zero-order valence-electron chi connectivity index (χ0n) is 8.03. The molecule has 2 nitrogen and oxygen atoms in total. The van der Waals surface area contributed by atoms with Gasteiger partial charge in [-0.05, 0) is 24.1 Å². The average Bonchev–Trinajstić information content (AvgIpc) is 2.18. The number of benzene rings is 1. The zero-order chi connectivity index (χ0) is 10.4. The van der Waals surface area contributed by atoms with E-state index in [9.17, 15) is 4.79 Å². The first-order valence-electron chi connectivity index (χ1n) is 4.39. The predicted molar refractivity (Wildman–Crippen MR) is 55.6 cm³/mol. The Labute approximate surface area is 83.5 Å². The Morgan fingerprint density at radius 1 is 1.50 bits per heavy atom. The Morgan fingerprint density at radius 3 is 2.86 bits per heavy atom. The molecule has 70 valence electrons. The van der Waals surface area contributed by atoms with E-state index in [0.717, 1.165) is 17.4 Å². The molecule has 0 N–H and O–H groups in total. The number of rotatable bonds is 3. The van der Waals surface area contributed by atoms with Crippen molar-refractivity contribution in [3.8, 4) is 6.07 Å². The van der Waals surface area contributed by atoms with Gasteiger partial charge in [-0.25, -0.2) is 0 Å². The van der Waals surface area contributed by atoms with Crippen LogP contribution >= 0.6 is 0 Å². The van der Waals surface area contributed by atoms with Gasteiger partial charge >= 0.3 is 0 Å².